The molecule has 0 unspecified atom stereocenters. The number of nitrogens with two attached hydrogens (primary N) is 2. The average Bonchev–Trinajstić information content (AvgIpc) is 1.80. The minimum absolute atomic E-state index is 1.04. The molecule has 0 bridgehead atoms. The molecule has 0 aliphatic carbocycles. The zero-order chi connectivity index (χ0) is 8.20. The van der Waals surface area contributed by atoms with Gasteiger partial charge in [-0.25, -0.2) is 0 Å². The van der Waals surface area contributed by atoms with Crippen molar-refractivity contribution in [3.8, 4) is 0 Å². The van der Waals surface area contributed by atoms with E-state index in [0.717, 1.165) is 4.91 Å². The van der Waals surface area contributed by atoms with Crippen molar-refractivity contribution in [3.63, 3.8) is 0 Å². The van der Waals surface area contributed by atoms with Crippen LogP contribution < -0.4 is 10.3 Å². The molecule has 0 fully saturated rings. The van der Waals surface area contributed by atoms with Crippen LogP contribution in [0.2, 0.25) is 0 Å². The average molecular weight is 160 g/mol. The lowest BCUT2D eigenvalue weighted by molar-refractivity contribution is 1.61. The molecule has 0 saturated carbocycles. The van der Waals surface area contributed by atoms with Crippen LogP contribution in [-0.2, 0) is 0 Å². The molecular formula is C7H16N2S. The molecule has 0 radical (unpaired) electrons. The van der Waals surface area contributed by atoms with E-state index in [1.54, 1.807) is 0 Å². The maximum Gasteiger partial charge on any atom is 0.0101 e. The van der Waals surface area contributed by atoms with Crippen LogP contribution in [0.1, 0.15) is 13.8 Å². The van der Waals surface area contributed by atoms with Crippen LogP contribution in [0.4, 0.5) is 0 Å². The molecule has 2 nitrogen and oxygen atoms in total. The van der Waals surface area contributed by atoms with Crippen LogP contribution in [0.15, 0.2) is 23.1 Å². The first-order valence-corrected chi connectivity index (χ1v) is 5.32. The first kappa shape index (κ1) is 9.75. The second-order valence-corrected chi connectivity index (χ2v) is 4.80. The Hall–Kier alpha value is -0.250. The second-order valence-electron chi connectivity index (χ2n) is 2.24. The molecule has 0 aromatic rings. The van der Waals surface area contributed by atoms with Crippen molar-refractivity contribution in [1.82, 2.24) is 0 Å². The fourth-order valence-corrected chi connectivity index (χ4v) is 1.60. The molecular weight excluding hydrogens is 144 g/mol. The van der Waals surface area contributed by atoms with E-state index in [1.165, 1.54) is 0 Å². The van der Waals surface area contributed by atoms with E-state index in [1.807, 2.05) is 38.3 Å². The molecule has 0 spiro atoms. The van der Waals surface area contributed by atoms with Crippen LogP contribution in [0, 0.1) is 0 Å². The Balaban J connectivity index is 4.39. The summed E-state index contributed by atoms with van der Waals surface area (Å²) in [5.41, 5.74) is 0. The Morgan fingerprint density at radius 1 is 1.30 bits per heavy atom. The fraction of sp³-hybridized carbons (Fsp3) is 0.429. The normalized spacial score (nSPS) is 16.3. The highest BCUT2D eigenvalue weighted by Gasteiger charge is 2.06. The molecule has 0 heterocycles. The van der Waals surface area contributed by atoms with E-state index in [2.05, 4.69) is 0 Å². The van der Waals surface area contributed by atoms with Gasteiger partial charge in [0.25, 0.3) is 0 Å². The molecule has 0 aliphatic rings. The molecule has 0 aromatic carbocycles. The van der Waals surface area contributed by atoms with Crippen LogP contribution in [0.5, 0.6) is 0 Å². The molecule has 0 atom stereocenters. The Labute approximate surface area is 64.6 Å². The van der Waals surface area contributed by atoms with Gasteiger partial charge in [-0.3, -0.25) is 10.3 Å². The van der Waals surface area contributed by atoms with Crippen molar-refractivity contribution in [1.29, 1.82) is 0 Å². The fourth-order valence-electron chi connectivity index (χ4n) is 0.661. The van der Waals surface area contributed by atoms with E-state index in [-0.39, 0.29) is 0 Å². The highest BCUT2D eigenvalue weighted by atomic mass is 32.3. The summed E-state index contributed by atoms with van der Waals surface area (Å²) < 4.78 is 0. The Morgan fingerprint density at radius 2 is 1.80 bits per heavy atom. The number of hydrogen-bond donors (Lipinski definition) is 2. The minimum Gasteiger partial charge on any atom is -0.280 e. The van der Waals surface area contributed by atoms with Crippen molar-refractivity contribution < 1.29 is 0 Å². The lowest BCUT2D eigenvalue weighted by atomic mass is 10.4. The summed E-state index contributed by atoms with van der Waals surface area (Å²) in [5.74, 6) is 0. The van der Waals surface area contributed by atoms with Gasteiger partial charge in [-0.15, -0.1) is 10.4 Å². The summed E-state index contributed by atoms with van der Waals surface area (Å²) in [4.78, 5) is 1.04. The van der Waals surface area contributed by atoms with E-state index in [4.69, 9.17) is 10.3 Å². The van der Waals surface area contributed by atoms with E-state index in [9.17, 15) is 0 Å². The van der Waals surface area contributed by atoms with Crippen molar-refractivity contribution in [3.05, 3.63) is 23.1 Å². The zero-order valence-electron chi connectivity index (χ0n) is 6.79. The quantitative estimate of drug-likeness (QED) is 0.603. The standard InChI is InChI=1S/C7H16N2S/c1-4-6-7(5-2)10(3,8)9/h4-6H,8-9H2,1-3H3/b6-4-,7-5+. The number of hydrogen-bond acceptors (Lipinski definition) is 2. The summed E-state index contributed by atoms with van der Waals surface area (Å²) in [6.07, 6.45) is 7.72. The summed E-state index contributed by atoms with van der Waals surface area (Å²) >= 11 is 0. The monoisotopic (exact) mass is 160 g/mol. The molecule has 0 saturated heterocycles. The molecule has 60 valence electrons. The lowest BCUT2D eigenvalue weighted by Crippen LogP contribution is -2.19. The van der Waals surface area contributed by atoms with Gasteiger partial charge in [-0.1, -0.05) is 18.2 Å². The van der Waals surface area contributed by atoms with Gasteiger partial charge in [-0.05, 0) is 20.1 Å². The van der Waals surface area contributed by atoms with Gasteiger partial charge in [0.05, 0.1) is 0 Å². The molecule has 10 heavy (non-hydrogen) atoms. The molecule has 0 amide bonds. The third-order valence-corrected chi connectivity index (χ3v) is 2.51. The van der Waals surface area contributed by atoms with Gasteiger partial charge >= 0.3 is 0 Å². The first-order valence-electron chi connectivity index (χ1n) is 3.15. The van der Waals surface area contributed by atoms with Crippen molar-refractivity contribution in [2.75, 3.05) is 6.26 Å². The van der Waals surface area contributed by atoms with Crippen LogP contribution >= 0.6 is 10.4 Å². The summed E-state index contributed by atoms with van der Waals surface area (Å²) in [6, 6.07) is 0. The number of allylic oxidation sites excluding steroid dienone is 3. The van der Waals surface area contributed by atoms with Crippen molar-refractivity contribution in [2.45, 2.75) is 13.8 Å². The van der Waals surface area contributed by atoms with Crippen molar-refractivity contribution >= 4 is 10.4 Å². The van der Waals surface area contributed by atoms with Crippen LogP contribution in [-0.4, -0.2) is 6.26 Å². The van der Waals surface area contributed by atoms with Crippen LogP contribution in [0.3, 0.4) is 0 Å². The Kier molecular flexibility index (Phi) is 3.71. The maximum absolute atomic E-state index is 5.72. The largest absolute Gasteiger partial charge is 0.280 e. The smallest absolute Gasteiger partial charge is 0.0101 e. The second kappa shape index (κ2) is 3.81. The van der Waals surface area contributed by atoms with Gasteiger partial charge in [0, 0.05) is 4.91 Å². The molecule has 3 heteroatoms. The lowest BCUT2D eigenvalue weighted by Gasteiger charge is -2.26. The van der Waals surface area contributed by atoms with Gasteiger partial charge in [0.15, 0.2) is 0 Å². The molecule has 0 aliphatic heterocycles. The van der Waals surface area contributed by atoms with Gasteiger partial charge < -0.3 is 0 Å². The molecule has 0 aromatic heterocycles. The topological polar surface area (TPSA) is 52.0 Å². The van der Waals surface area contributed by atoms with Crippen LogP contribution in [0.25, 0.3) is 0 Å². The highest BCUT2D eigenvalue weighted by molar-refractivity contribution is 8.32. The number of rotatable bonds is 2. The highest BCUT2D eigenvalue weighted by Crippen LogP contribution is 2.36. The van der Waals surface area contributed by atoms with E-state index < -0.39 is 10.4 Å². The predicted molar refractivity (Wildman–Crippen MR) is 50.5 cm³/mol. The first-order chi connectivity index (χ1) is 4.52. The van der Waals surface area contributed by atoms with Gasteiger partial charge in [0.2, 0.25) is 0 Å². The third-order valence-electron chi connectivity index (χ3n) is 1.12. The van der Waals surface area contributed by atoms with Crippen molar-refractivity contribution in [2.24, 2.45) is 10.3 Å². The van der Waals surface area contributed by atoms with E-state index >= 15 is 0 Å². The Morgan fingerprint density at radius 3 is 1.90 bits per heavy atom. The molecule has 4 N–H and O–H groups in total. The summed E-state index contributed by atoms with van der Waals surface area (Å²) in [6.45, 7) is 3.90. The summed E-state index contributed by atoms with van der Waals surface area (Å²) in [5, 5.41) is 11.4. The van der Waals surface area contributed by atoms with Gasteiger partial charge in [-0.2, -0.15) is 0 Å². The van der Waals surface area contributed by atoms with E-state index in [0.29, 0.717) is 0 Å². The Bertz CT molecular complexity index is 153. The maximum atomic E-state index is 5.72. The SMILES string of the molecule is C/C=C\C(=C/C)S(C)(N)N. The predicted octanol–water partition coefficient (Wildman–Crippen LogP) is 1.65. The summed E-state index contributed by atoms with van der Waals surface area (Å²) in [7, 11) is -1.50. The minimum atomic E-state index is -1.50. The third kappa shape index (κ3) is 3.06. The van der Waals surface area contributed by atoms with Gasteiger partial charge in [0.1, 0.15) is 0 Å². The zero-order valence-corrected chi connectivity index (χ0v) is 7.61. The molecule has 0 rings (SSSR count).